The van der Waals surface area contributed by atoms with Crippen LogP contribution >= 0.6 is 0 Å². The van der Waals surface area contributed by atoms with Gasteiger partial charge < -0.3 is 20.9 Å². The summed E-state index contributed by atoms with van der Waals surface area (Å²) in [6, 6.07) is 5.15. The molecule has 0 bridgehead atoms. The maximum Gasteiger partial charge on any atom is 0.270 e. The van der Waals surface area contributed by atoms with Crippen molar-refractivity contribution >= 4 is 23.5 Å². The van der Waals surface area contributed by atoms with Gasteiger partial charge in [-0.3, -0.25) is 9.89 Å². The van der Waals surface area contributed by atoms with Crippen molar-refractivity contribution in [3.8, 4) is 0 Å². The lowest BCUT2D eigenvalue weighted by Gasteiger charge is -2.05. The van der Waals surface area contributed by atoms with Crippen LogP contribution in [0.2, 0.25) is 0 Å². The van der Waals surface area contributed by atoms with Gasteiger partial charge in [-0.1, -0.05) is 18.5 Å². The molecule has 0 unspecified atom stereocenters. The number of aromatic nitrogens is 5. The summed E-state index contributed by atoms with van der Waals surface area (Å²) in [6.45, 7) is 2.38. The topological polar surface area (TPSA) is 148 Å². The fraction of sp³-hybridized carbons (Fsp3) is 0.267. The SMILES string of the molecule is CCCc1cc(Nc2ccnc(NCc3cc(C(N)=O)no3)n2)n[nH]1. The second-order valence-corrected chi connectivity index (χ2v) is 5.32. The van der Waals surface area contributed by atoms with Crippen LogP contribution in [-0.2, 0) is 13.0 Å². The van der Waals surface area contributed by atoms with Crippen molar-refractivity contribution in [3.05, 3.63) is 41.5 Å². The lowest BCUT2D eigenvalue weighted by atomic mass is 10.2. The van der Waals surface area contributed by atoms with E-state index in [1.165, 1.54) is 6.07 Å². The van der Waals surface area contributed by atoms with Gasteiger partial charge in [0.2, 0.25) is 5.95 Å². The molecule has 10 heteroatoms. The molecule has 3 rings (SSSR count). The third-order valence-corrected chi connectivity index (χ3v) is 3.29. The Balaban J connectivity index is 1.61. The number of rotatable bonds is 8. The number of carbonyl (C=O) groups is 1. The second-order valence-electron chi connectivity index (χ2n) is 5.32. The van der Waals surface area contributed by atoms with E-state index in [0.717, 1.165) is 18.5 Å². The third kappa shape index (κ3) is 4.31. The van der Waals surface area contributed by atoms with Crippen molar-refractivity contribution in [1.29, 1.82) is 0 Å². The summed E-state index contributed by atoms with van der Waals surface area (Å²) < 4.78 is 5.00. The molecule has 0 aliphatic rings. The fourth-order valence-electron chi connectivity index (χ4n) is 2.15. The Morgan fingerprint density at radius 1 is 1.36 bits per heavy atom. The summed E-state index contributed by atoms with van der Waals surface area (Å²) in [5, 5.41) is 16.8. The molecule has 1 amide bonds. The lowest BCUT2D eigenvalue weighted by Crippen LogP contribution is -2.10. The summed E-state index contributed by atoms with van der Waals surface area (Å²) in [6.07, 6.45) is 3.60. The number of aromatic amines is 1. The fourth-order valence-corrected chi connectivity index (χ4v) is 2.15. The normalized spacial score (nSPS) is 10.6. The van der Waals surface area contributed by atoms with Crippen molar-refractivity contribution in [2.75, 3.05) is 10.6 Å². The number of amides is 1. The molecule has 3 heterocycles. The second kappa shape index (κ2) is 7.43. The number of primary amides is 1. The molecule has 0 radical (unpaired) electrons. The van der Waals surface area contributed by atoms with Gasteiger partial charge in [-0.15, -0.1) is 0 Å². The molecule has 25 heavy (non-hydrogen) atoms. The van der Waals surface area contributed by atoms with E-state index in [1.54, 1.807) is 12.3 Å². The van der Waals surface area contributed by atoms with Crippen LogP contribution in [0.5, 0.6) is 0 Å². The smallest absolute Gasteiger partial charge is 0.270 e. The molecule has 0 fully saturated rings. The molecule has 0 spiro atoms. The molecule has 0 atom stereocenters. The number of nitrogens with zero attached hydrogens (tertiary/aromatic N) is 4. The first-order chi connectivity index (χ1) is 12.1. The maximum absolute atomic E-state index is 11.0. The van der Waals surface area contributed by atoms with E-state index in [-0.39, 0.29) is 12.2 Å². The van der Waals surface area contributed by atoms with Crippen LogP contribution in [0, 0.1) is 0 Å². The molecule has 0 aliphatic heterocycles. The summed E-state index contributed by atoms with van der Waals surface area (Å²) in [5.41, 5.74) is 6.27. The Labute approximate surface area is 143 Å². The summed E-state index contributed by atoms with van der Waals surface area (Å²) in [4.78, 5) is 19.5. The van der Waals surface area contributed by atoms with Gasteiger partial charge in [0.15, 0.2) is 17.3 Å². The van der Waals surface area contributed by atoms with Crippen LogP contribution in [-0.4, -0.2) is 31.2 Å². The van der Waals surface area contributed by atoms with Gasteiger partial charge in [0.05, 0.1) is 6.54 Å². The third-order valence-electron chi connectivity index (χ3n) is 3.29. The molecular weight excluding hydrogens is 324 g/mol. The van der Waals surface area contributed by atoms with Gasteiger partial charge in [0, 0.05) is 24.0 Å². The monoisotopic (exact) mass is 342 g/mol. The van der Waals surface area contributed by atoms with E-state index in [9.17, 15) is 4.79 Å². The molecule has 10 nitrogen and oxygen atoms in total. The molecule has 0 aromatic carbocycles. The van der Waals surface area contributed by atoms with Crippen LogP contribution in [0.1, 0.15) is 35.3 Å². The van der Waals surface area contributed by atoms with E-state index in [4.69, 9.17) is 10.3 Å². The Morgan fingerprint density at radius 3 is 3.00 bits per heavy atom. The largest absolute Gasteiger partial charge is 0.364 e. The zero-order chi connectivity index (χ0) is 17.6. The number of anilines is 3. The van der Waals surface area contributed by atoms with Gasteiger partial charge in [0.25, 0.3) is 5.91 Å². The quantitative estimate of drug-likeness (QED) is 0.482. The molecule has 3 aromatic rings. The van der Waals surface area contributed by atoms with E-state index in [0.29, 0.717) is 23.3 Å². The Bertz CT molecular complexity index is 857. The van der Waals surface area contributed by atoms with Gasteiger partial charge in [-0.05, 0) is 12.5 Å². The molecule has 0 saturated heterocycles. The first kappa shape index (κ1) is 16.4. The standard InChI is InChI=1S/C15H18N8O2/c1-2-3-9-6-13(22-21-9)19-12-4-5-17-15(20-12)18-8-10-7-11(14(16)24)23-25-10/h4-7H,2-3,8H2,1H3,(H2,16,24)(H3,17,18,19,20,21,22). The number of hydrogen-bond acceptors (Lipinski definition) is 8. The van der Waals surface area contributed by atoms with Crippen molar-refractivity contribution in [2.45, 2.75) is 26.3 Å². The van der Waals surface area contributed by atoms with E-state index in [1.807, 2.05) is 6.07 Å². The summed E-state index contributed by atoms with van der Waals surface area (Å²) in [5.74, 6) is 1.49. The highest BCUT2D eigenvalue weighted by Crippen LogP contribution is 2.15. The minimum absolute atomic E-state index is 0.0783. The van der Waals surface area contributed by atoms with E-state index in [2.05, 4.69) is 42.9 Å². The van der Waals surface area contributed by atoms with E-state index >= 15 is 0 Å². The summed E-state index contributed by atoms with van der Waals surface area (Å²) in [7, 11) is 0. The molecule has 130 valence electrons. The Morgan fingerprint density at radius 2 is 2.24 bits per heavy atom. The van der Waals surface area contributed by atoms with Crippen molar-refractivity contribution < 1.29 is 9.32 Å². The predicted octanol–water partition coefficient (Wildman–Crippen LogP) is 1.59. The summed E-state index contributed by atoms with van der Waals surface area (Å²) >= 11 is 0. The Hall–Kier alpha value is -3.43. The van der Waals surface area contributed by atoms with Crippen LogP contribution in [0.15, 0.2) is 28.9 Å². The van der Waals surface area contributed by atoms with Crippen LogP contribution < -0.4 is 16.4 Å². The Kier molecular flexibility index (Phi) is 4.88. The average Bonchev–Trinajstić information content (AvgIpc) is 3.23. The number of aryl methyl sites for hydroxylation is 1. The van der Waals surface area contributed by atoms with E-state index < -0.39 is 5.91 Å². The highest BCUT2D eigenvalue weighted by molar-refractivity contribution is 5.90. The number of hydrogen-bond donors (Lipinski definition) is 4. The molecular formula is C15H18N8O2. The first-order valence-electron chi connectivity index (χ1n) is 7.77. The van der Waals surface area contributed by atoms with Gasteiger partial charge in [-0.25, -0.2) is 4.98 Å². The van der Waals surface area contributed by atoms with Crippen LogP contribution in [0.3, 0.4) is 0 Å². The minimum Gasteiger partial charge on any atom is -0.364 e. The van der Waals surface area contributed by atoms with Gasteiger partial charge >= 0.3 is 0 Å². The number of H-pyrrole nitrogens is 1. The molecule has 5 N–H and O–H groups in total. The molecule has 0 aliphatic carbocycles. The van der Waals surface area contributed by atoms with Gasteiger partial charge in [-0.2, -0.15) is 10.1 Å². The number of nitrogens with two attached hydrogens (primary N) is 1. The maximum atomic E-state index is 11.0. The van der Waals surface area contributed by atoms with Crippen molar-refractivity contribution in [1.82, 2.24) is 25.3 Å². The predicted molar refractivity (Wildman–Crippen MR) is 90.2 cm³/mol. The van der Waals surface area contributed by atoms with Crippen LogP contribution in [0.4, 0.5) is 17.6 Å². The zero-order valence-corrected chi connectivity index (χ0v) is 13.6. The van der Waals surface area contributed by atoms with Gasteiger partial charge in [0.1, 0.15) is 5.82 Å². The molecule has 0 saturated carbocycles. The van der Waals surface area contributed by atoms with Crippen molar-refractivity contribution in [3.63, 3.8) is 0 Å². The minimum atomic E-state index is -0.640. The number of carbonyl (C=O) groups excluding carboxylic acids is 1. The number of nitrogens with one attached hydrogen (secondary N) is 3. The highest BCUT2D eigenvalue weighted by Gasteiger charge is 2.09. The highest BCUT2D eigenvalue weighted by atomic mass is 16.5. The van der Waals surface area contributed by atoms with Crippen LogP contribution in [0.25, 0.3) is 0 Å². The first-order valence-corrected chi connectivity index (χ1v) is 7.77. The van der Waals surface area contributed by atoms with Crippen molar-refractivity contribution in [2.24, 2.45) is 5.73 Å². The average molecular weight is 342 g/mol. The zero-order valence-electron chi connectivity index (χ0n) is 13.6. The lowest BCUT2D eigenvalue weighted by molar-refractivity contribution is 0.0991. The molecule has 3 aromatic heterocycles.